The molecule has 0 aromatic heterocycles. The van der Waals surface area contributed by atoms with E-state index in [-0.39, 0.29) is 13.0 Å². The highest BCUT2D eigenvalue weighted by Crippen LogP contribution is 2.21. The van der Waals surface area contributed by atoms with Crippen molar-refractivity contribution in [2.24, 2.45) is 10.3 Å². The summed E-state index contributed by atoms with van der Waals surface area (Å²) in [4.78, 5) is 24.1. The molecule has 342 valence electrons. The number of rotatable bonds is 22. The van der Waals surface area contributed by atoms with Crippen molar-refractivity contribution in [2.75, 3.05) is 25.6 Å². The van der Waals surface area contributed by atoms with Crippen LogP contribution in [0.5, 0.6) is 11.5 Å². The maximum atomic E-state index is 12.5. The minimum absolute atomic E-state index is 0.0809. The number of hydrogen-bond donors (Lipinski definition) is 4. The first-order chi connectivity index (χ1) is 32.0. The number of nitrogens with one attached hydrogen (secondary N) is 2. The monoisotopic (exact) mass is 903 g/mol. The van der Waals surface area contributed by atoms with Crippen LogP contribution in [-0.2, 0) is 45.5 Å². The maximum absolute atomic E-state index is 12.5. The Morgan fingerprint density at radius 2 is 1.38 bits per heavy atom. The molecule has 1 unspecified atom stereocenters. The molecular formula is C50H48F3N5O8. The Hall–Kier alpha value is -7.71. The molecule has 0 aliphatic heterocycles. The van der Waals surface area contributed by atoms with Gasteiger partial charge in [-0.05, 0) is 71.1 Å². The van der Waals surface area contributed by atoms with Gasteiger partial charge in [0.25, 0.3) is 0 Å². The first kappa shape index (κ1) is 49.3. The van der Waals surface area contributed by atoms with Crippen LogP contribution in [0.4, 0.5) is 18.9 Å². The number of oxime groups is 2. The summed E-state index contributed by atoms with van der Waals surface area (Å²) in [5.41, 5.74) is 9.99. The van der Waals surface area contributed by atoms with Gasteiger partial charge in [-0.3, -0.25) is 4.79 Å². The Morgan fingerprint density at radius 3 is 2.03 bits per heavy atom. The number of anilines is 1. The molecule has 0 radical (unpaired) electrons. The number of hydroxylamine groups is 1. The number of nitriles is 1. The number of aliphatic carboxylic acids is 1. The molecule has 0 bridgehead atoms. The Labute approximate surface area is 380 Å². The van der Waals surface area contributed by atoms with Crippen LogP contribution in [0.15, 0.2) is 168 Å². The van der Waals surface area contributed by atoms with E-state index in [1.54, 1.807) is 30.3 Å². The molecule has 0 spiro atoms. The zero-order chi connectivity index (χ0) is 47.0. The highest BCUT2D eigenvalue weighted by atomic mass is 19.4. The summed E-state index contributed by atoms with van der Waals surface area (Å²) in [6.45, 7) is -0.348. The molecule has 16 heteroatoms. The molecule has 0 amide bonds. The van der Waals surface area contributed by atoms with Gasteiger partial charge in [-0.1, -0.05) is 126 Å². The van der Waals surface area contributed by atoms with Crippen molar-refractivity contribution in [1.82, 2.24) is 5.48 Å². The highest BCUT2D eigenvalue weighted by molar-refractivity contribution is 6.12. The van der Waals surface area contributed by atoms with E-state index >= 15 is 0 Å². The summed E-state index contributed by atoms with van der Waals surface area (Å²) in [6.07, 6.45) is -3.54. The number of aryl methyl sites for hydroxylation is 1. The number of ether oxygens (including phenoxy) is 2. The summed E-state index contributed by atoms with van der Waals surface area (Å²) in [5.74, 6) is 0.565. The molecule has 1 atom stereocenters. The zero-order valence-corrected chi connectivity index (χ0v) is 35.9. The lowest BCUT2D eigenvalue weighted by atomic mass is 10.0. The van der Waals surface area contributed by atoms with Gasteiger partial charge in [0.15, 0.2) is 0 Å². The Morgan fingerprint density at radius 1 is 0.727 bits per heavy atom. The van der Waals surface area contributed by atoms with Gasteiger partial charge >= 0.3 is 12.1 Å². The van der Waals surface area contributed by atoms with E-state index in [4.69, 9.17) is 29.9 Å². The van der Waals surface area contributed by atoms with E-state index in [1.807, 2.05) is 133 Å². The molecule has 4 N–H and O–H groups in total. The summed E-state index contributed by atoms with van der Waals surface area (Å²) in [5, 5.41) is 37.4. The number of halogens is 3. The average Bonchev–Trinajstić information content (AvgIpc) is 3.33. The van der Waals surface area contributed by atoms with E-state index in [9.17, 15) is 18.0 Å². The predicted octanol–water partition coefficient (Wildman–Crippen LogP) is 9.77. The van der Waals surface area contributed by atoms with Crippen molar-refractivity contribution < 1.29 is 52.5 Å². The van der Waals surface area contributed by atoms with Gasteiger partial charge < -0.3 is 29.6 Å². The number of carbonyl (C=O) groups is 1. The van der Waals surface area contributed by atoms with Gasteiger partial charge in [0.05, 0.1) is 6.07 Å². The minimum Gasteiger partial charge on any atom is -0.489 e. The van der Waals surface area contributed by atoms with E-state index < -0.39 is 24.8 Å². The lowest BCUT2D eigenvalue weighted by Gasteiger charge is -2.11. The van der Waals surface area contributed by atoms with Crippen LogP contribution in [0.25, 0.3) is 0 Å². The Balaban J connectivity index is 0.000000247. The van der Waals surface area contributed by atoms with Crippen LogP contribution in [0.2, 0.25) is 0 Å². The van der Waals surface area contributed by atoms with E-state index in [0.717, 1.165) is 33.5 Å². The van der Waals surface area contributed by atoms with Gasteiger partial charge in [0.2, 0.25) is 6.61 Å². The van der Waals surface area contributed by atoms with E-state index in [2.05, 4.69) is 30.9 Å². The minimum atomic E-state index is -4.47. The van der Waals surface area contributed by atoms with Gasteiger partial charge in [-0.25, -0.2) is 5.26 Å². The van der Waals surface area contributed by atoms with E-state index in [1.165, 1.54) is 7.11 Å². The van der Waals surface area contributed by atoms with Crippen molar-refractivity contribution >= 4 is 23.1 Å². The van der Waals surface area contributed by atoms with Crippen molar-refractivity contribution in [3.05, 3.63) is 197 Å². The molecule has 0 aliphatic rings. The topological polar surface area (TPSA) is 176 Å². The standard InChI is InChI=1S/C25H23F3N2O3.C25H25N3O5/c26-25(27,28)17-33-30-24(20-6-2-1-3-7-20)21-8-4-5-19(15-21)16-29-22-12-9-18(10-13-22)11-14-23(31)32;1-30-28-25(21-7-3-2-4-8-21)18-32-24-9-5-6-20(15-24)17-31-23-12-10-19(11-13-23)14-22(16-26)27-33-29/h1-10,12-13,15,29H,11,14,16-17H2,(H,31,32);2-13,15,22,27,29H,14,17-18H2,1H3/b30-24-;28-25+. The fraction of sp³-hybridized carbons (Fsp3) is 0.200. The van der Waals surface area contributed by atoms with Gasteiger partial charge in [0.1, 0.15) is 49.3 Å². The summed E-state index contributed by atoms with van der Waals surface area (Å²) in [7, 11) is 1.51. The molecule has 66 heavy (non-hydrogen) atoms. The molecule has 0 saturated carbocycles. The fourth-order valence-corrected chi connectivity index (χ4v) is 6.19. The van der Waals surface area contributed by atoms with Crippen molar-refractivity contribution in [3.8, 4) is 17.6 Å². The molecule has 6 aromatic carbocycles. The first-order valence-corrected chi connectivity index (χ1v) is 20.5. The fourth-order valence-electron chi connectivity index (χ4n) is 6.19. The molecule has 0 saturated heterocycles. The lowest BCUT2D eigenvalue weighted by Crippen LogP contribution is -2.28. The van der Waals surface area contributed by atoms with Gasteiger partial charge in [-0.15, -0.1) is 4.99 Å². The molecule has 6 rings (SSSR count). The van der Waals surface area contributed by atoms with Gasteiger partial charge in [0, 0.05) is 41.8 Å². The molecular weight excluding hydrogens is 856 g/mol. The van der Waals surface area contributed by atoms with Crippen molar-refractivity contribution in [1.29, 1.82) is 5.26 Å². The summed E-state index contributed by atoms with van der Waals surface area (Å²) < 4.78 is 49.3. The second-order valence-electron chi connectivity index (χ2n) is 14.4. The largest absolute Gasteiger partial charge is 0.489 e. The van der Waals surface area contributed by atoms with Crippen molar-refractivity contribution in [2.45, 2.75) is 44.6 Å². The number of carboxylic acid groups (broad SMARTS) is 1. The Kier molecular flexibility index (Phi) is 19.5. The molecule has 6 aromatic rings. The second kappa shape index (κ2) is 26.2. The molecule has 13 nitrogen and oxygen atoms in total. The quantitative estimate of drug-likeness (QED) is 0.0290. The van der Waals surface area contributed by atoms with Crippen molar-refractivity contribution in [3.63, 3.8) is 0 Å². The smallest absolute Gasteiger partial charge is 0.425 e. The predicted molar refractivity (Wildman–Crippen MR) is 243 cm³/mol. The SMILES string of the molecule is CO/N=C(\COc1cccc(COc2ccc(CC(C#N)NOO)cc2)c1)c1ccccc1.O=C(O)CCc1ccc(NCc2cccc(/C(=N\OCC(F)(F)F)c3ccccc3)c2)cc1. The Bertz CT molecular complexity index is 2500. The number of nitrogens with zero attached hydrogens (tertiary/aromatic N) is 3. The van der Waals surface area contributed by atoms with Crippen LogP contribution in [0.3, 0.4) is 0 Å². The third kappa shape index (κ3) is 17.5. The number of hydrogen-bond acceptors (Lipinski definition) is 12. The highest BCUT2D eigenvalue weighted by Gasteiger charge is 2.29. The summed E-state index contributed by atoms with van der Waals surface area (Å²) >= 11 is 0. The third-order valence-corrected chi connectivity index (χ3v) is 9.41. The van der Waals surface area contributed by atoms with E-state index in [0.29, 0.717) is 60.0 Å². The van der Waals surface area contributed by atoms with Crippen LogP contribution in [0.1, 0.15) is 45.4 Å². The van der Waals surface area contributed by atoms with Crippen LogP contribution in [-0.4, -0.2) is 60.3 Å². The second-order valence-corrected chi connectivity index (χ2v) is 14.4. The molecule has 0 aliphatic carbocycles. The number of carboxylic acids is 1. The first-order valence-electron chi connectivity index (χ1n) is 20.5. The third-order valence-electron chi connectivity index (χ3n) is 9.41. The zero-order valence-electron chi connectivity index (χ0n) is 35.9. The maximum Gasteiger partial charge on any atom is 0.425 e. The normalized spacial score (nSPS) is 11.9. The van der Waals surface area contributed by atoms with Crippen LogP contribution in [0, 0.1) is 11.3 Å². The molecule has 0 heterocycles. The lowest BCUT2D eigenvalue weighted by molar-refractivity contribution is -0.296. The van der Waals surface area contributed by atoms with Crippen LogP contribution >= 0.6 is 0 Å². The average molecular weight is 904 g/mol. The van der Waals surface area contributed by atoms with Gasteiger partial charge in [-0.2, -0.15) is 23.9 Å². The summed E-state index contributed by atoms with van der Waals surface area (Å²) in [6, 6.07) is 49.8. The van der Waals surface area contributed by atoms with Crippen LogP contribution < -0.4 is 20.3 Å². The number of benzene rings is 6. The molecule has 0 fully saturated rings. The number of alkyl halides is 3.